The number of ether oxygens (including phenoxy) is 2. The summed E-state index contributed by atoms with van der Waals surface area (Å²) >= 11 is 0. The van der Waals surface area contributed by atoms with Crippen LogP contribution in [0.15, 0.2) is 0 Å². The van der Waals surface area contributed by atoms with Crippen LogP contribution in [0.3, 0.4) is 0 Å². The molecule has 0 saturated carbocycles. The third-order valence-electron chi connectivity index (χ3n) is 2.10. The predicted octanol–water partition coefficient (Wildman–Crippen LogP) is -0.594. The normalized spacial score (nSPS) is 41.6. The highest BCUT2D eigenvalue weighted by molar-refractivity contribution is 5.72. The summed E-state index contributed by atoms with van der Waals surface area (Å²) in [6, 6.07) is -0.581. The lowest BCUT2D eigenvalue weighted by atomic mass is 9.98. The maximum atomic E-state index is 10.7. The molecule has 0 aromatic heterocycles. The molecule has 1 aliphatic rings. The van der Waals surface area contributed by atoms with Gasteiger partial charge in [-0.1, -0.05) is 0 Å². The van der Waals surface area contributed by atoms with Crippen LogP contribution in [0, 0.1) is 5.92 Å². The van der Waals surface area contributed by atoms with E-state index in [1.54, 1.807) is 6.92 Å². The Morgan fingerprint density at radius 3 is 2.50 bits per heavy atom. The number of carboxylic acids is 1. The van der Waals surface area contributed by atoms with Crippen molar-refractivity contribution in [3.05, 3.63) is 0 Å². The summed E-state index contributed by atoms with van der Waals surface area (Å²) in [5, 5.41) is 8.75. The molecule has 1 fully saturated rings. The summed E-state index contributed by atoms with van der Waals surface area (Å²) in [4.78, 5) is 10.7. The molecule has 1 rings (SSSR count). The van der Waals surface area contributed by atoms with E-state index in [9.17, 15) is 4.79 Å². The first-order valence-corrected chi connectivity index (χ1v) is 3.74. The molecule has 1 aliphatic heterocycles. The molecule has 0 aromatic carbocycles. The Morgan fingerprint density at radius 1 is 1.67 bits per heavy atom. The van der Waals surface area contributed by atoms with Gasteiger partial charge in [0.15, 0.2) is 6.29 Å². The number of methoxy groups -OCH3 is 1. The minimum Gasteiger partial charge on any atom is -0.481 e. The largest absolute Gasteiger partial charge is 0.481 e. The van der Waals surface area contributed by atoms with Crippen molar-refractivity contribution in [2.45, 2.75) is 25.4 Å². The van der Waals surface area contributed by atoms with Crippen molar-refractivity contribution in [1.82, 2.24) is 0 Å². The Hall–Kier alpha value is -0.650. The van der Waals surface area contributed by atoms with Gasteiger partial charge in [-0.05, 0) is 6.92 Å². The van der Waals surface area contributed by atoms with Gasteiger partial charge in [0.05, 0.1) is 12.1 Å². The van der Waals surface area contributed by atoms with Crippen LogP contribution in [0.1, 0.15) is 6.92 Å². The number of carbonyl (C=O) groups is 1. The highest BCUT2D eigenvalue weighted by Crippen LogP contribution is 2.25. The van der Waals surface area contributed by atoms with Gasteiger partial charge < -0.3 is 20.3 Å². The Kier molecular flexibility index (Phi) is 2.66. The Labute approximate surface area is 70.4 Å². The molecule has 0 bridgehead atoms. The summed E-state index contributed by atoms with van der Waals surface area (Å²) in [6.45, 7) is 1.68. The Bertz CT molecular complexity index is 184. The van der Waals surface area contributed by atoms with E-state index < -0.39 is 24.2 Å². The molecule has 0 aliphatic carbocycles. The quantitative estimate of drug-likeness (QED) is 0.586. The molecular weight excluding hydrogens is 162 g/mol. The molecule has 1 heterocycles. The van der Waals surface area contributed by atoms with Crippen molar-refractivity contribution >= 4 is 5.97 Å². The molecule has 0 radical (unpaired) electrons. The van der Waals surface area contributed by atoms with E-state index in [-0.39, 0.29) is 6.10 Å². The first-order chi connectivity index (χ1) is 5.57. The van der Waals surface area contributed by atoms with Gasteiger partial charge in [-0.15, -0.1) is 0 Å². The molecule has 70 valence electrons. The van der Waals surface area contributed by atoms with Crippen LogP contribution in [0.4, 0.5) is 0 Å². The van der Waals surface area contributed by atoms with Gasteiger partial charge in [0, 0.05) is 7.11 Å². The van der Waals surface area contributed by atoms with Gasteiger partial charge >= 0.3 is 5.97 Å². The smallest absolute Gasteiger partial charge is 0.310 e. The van der Waals surface area contributed by atoms with Crippen LogP contribution in [-0.2, 0) is 14.3 Å². The molecule has 0 aromatic rings. The van der Waals surface area contributed by atoms with E-state index >= 15 is 0 Å². The number of nitrogens with two attached hydrogens (primary N) is 1. The topological polar surface area (TPSA) is 81.8 Å². The van der Waals surface area contributed by atoms with Crippen molar-refractivity contribution in [3.8, 4) is 0 Å². The average Bonchev–Trinajstić information content (AvgIpc) is 2.25. The molecule has 5 heteroatoms. The van der Waals surface area contributed by atoms with Crippen molar-refractivity contribution < 1.29 is 19.4 Å². The summed E-state index contributed by atoms with van der Waals surface area (Å²) < 4.78 is 10.0. The molecule has 4 atom stereocenters. The Morgan fingerprint density at radius 2 is 2.25 bits per heavy atom. The van der Waals surface area contributed by atoms with E-state index in [0.29, 0.717) is 0 Å². The van der Waals surface area contributed by atoms with Gasteiger partial charge in [-0.2, -0.15) is 0 Å². The number of rotatable bonds is 2. The number of aliphatic carboxylic acids is 1. The highest BCUT2D eigenvalue weighted by Gasteiger charge is 2.44. The third-order valence-corrected chi connectivity index (χ3v) is 2.10. The van der Waals surface area contributed by atoms with Crippen LogP contribution >= 0.6 is 0 Å². The van der Waals surface area contributed by atoms with Gasteiger partial charge in [-0.25, -0.2) is 0 Å². The minimum atomic E-state index is -0.936. The van der Waals surface area contributed by atoms with Crippen LogP contribution in [0.5, 0.6) is 0 Å². The first-order valence-electron chi connectivity index (χ1n) is 3.74. The minimum absolute atomic E-state index is 0.387. The van der Waals surface area contributed by atoms with E-state index in [2.05, 4.69) is 0 Å². The second-order valence-electron chi connectivity index (χ2n) is 2.89. The van der Waals surface area contributed by atoms with Gasteiger partial charge in [0.2, 0.25) is 0 Å². The van der Waals surface area contributed by atoms with Gasteiger partial charge in [0.25, 0.3) is 0 Å². The molecule has 12 heavy (non-hydrogen) atoms. The van der Waals surface area contributed by atoms with E-state index in [1.165, 1.54) is 7.11 Å². The lowest BCUT2D eigenvalue weighted by Gasteiger charge is -2.13. The molecule has 3 N–H and O–H groups in total. The van der Waals surface area contributed by atoms with Crippen LogP contribution < -0.4 is 5.73 Å². The lowest BCUT2D eigenvalue weighted by Crippen LogP contribution is -2.40. The fraction of sp³-hybridized carbons (Fsp3) is 0.857. The average molecular weight is 175 g/mol. The zero-order valence-corrected chi connectivity index (χ0v) is 7.06. The Balaban J connectivity index is 2.70. The van der Waals surface area contributed by atoms with Crippen molar-refractivity contribution in [3.63, 3.8) is 0 Å². The SMILES string of the molecule is COC1OC(C)C(C(=O)O)C1N. The van der Waals surface area contributed by atoms with Gasteiger partial charge in [0.1, 0.15) is 5.92 Å². The zero-order valence-electron chi connectivity index (χ0n) is 7.06. The molecular formula is C7H13NO4. The summed E-state index contributed by atoms with van der Waals surface area (Å²) in [6.07, 6.45) is -0.983. The number of hydrogen-bond acceptors (Lipinski definition) is 4. The maximum absolute atomic E-state index is 10.7. The van der Waals surface area contributed by atoms with Crippen LogP contribution in [-0.4, -0.2) is 36.6 Å². The standard InChI is InChI=1S/C7H13NO4/c1-3-4(6(9)10)5(8)7(11-2)12-3/h3-5,7H,8H2,1-2H3,(H,9,10). The second kappa shape index (κ2) is 3.38. The fourth-order valence-corrected chi connectivity index (χ4v) is 1.45. The zero-order chi connectivity index (χ0) is 9.30. The van der Waals surface area contributed by atoms with Crippen molar-refractivity contribution in [2.75, 3.05) is 7.11 Å². The fourth-order valence-electron chi connectivity index (χ4n) is 1.45. The summed E-state index contributed by atoms with van der Waals surface area (Å²) in [5.74, 6) is -1.61. The first kappa shape index (κ1) is 9.44. The van der Waals surface area contributed by atoms with Crippen molar-refractivity contribution in [1.29, 1.82) is 0 Å². The second-order valence-corrected chi connectivity index (χ2v) is 2.89. The predicted molar refractivity (Wildman–Crippen MR) is 40.4 cm³/mol. The third kappa shape index (κ3) is 1.43. The van der Waals surface area contributed by atoms with Crippen LogP contribution in [0.2, 0.25) is 0 Å². The number of hydrogen-bond donors (Lipinski definition) is 2. The number of carboxylic acid groups (broad SMARTS) is 1. The molecule has 5 nitrogen and oxygen atoms in total. The lowest BCUT2D eigenvalue weighted by molar-refractivity contribution is -0.143. The van der Waals surface area contributed by atoms with E-state index in [0.717, 1.165) is 0 Å². The van der Waals surface area contributed by atoms with Crippen LogP contribution in [0.25, 0.3) is 0 Å². The monoisotopic (exact) mass is 175 g/mol. The van der Waals surface area contributed by atoms with E-state index in [1.807, 2.05) is 0 Å². The van der Waals surface area contributed by atoms with E-state index in [4.69, 9.17) is 20.3 Å². The van der Waals surface area contributed by atoms with Gasteiger partial charge in [-0.3, -0.25) is 4.79 Å². The molecule has 1 saturated heterocycles. The highest BCUT2D eigenvalue weighted by atomic mass is 16.7. The summed E-state index contributed by atoms with van der Waals surface area (Å²) in [5.41, 5.74) is 5.59. The van der Waals surface area contributed by atoms with Crippen molar-refractivity contribution in [2.24, 2.45) is 11.7 Å². The maximum Gasteiger partial charge on any atom is 0.310 e. The molecule has 0 spiro atoms. The molecule has 4 unspecified atom stereocenters. The molecule has 0 amide bonds. The summed E-state index contributed by atoms with van der Waals surface area (Å²) in [7, 11) is 1.45.